The molecule has 4 atom stereocenters. The van der Waals surface area contributed by atoms with Crippen molar-refractivity contribution >= 4 is 0 Å². The van der Waals surface area contributed by atoms with Crippen LogP contribution in [-0.2, 0) is 23.7 Å². The molecule has 3 aliphatic rings. The maximum Gasteiger partial charge on any atom is 0.224 e. The highest BCUT2D eigenvalue weighted by molar-refractivity contribution is 5.03. The molecule has 0 amide bonds. The summed E-state index contributed by atoms with van der Waals surface area (Å²) in [6.45, 7) is 7.35. The lowest BCUT2D eigenvalue weighted by Crippen LogP contribution is -2.60. The van der Waals surface area contributed by atoms with E-state index in [2.05, 4.69) is 0 Å². The van der Waals surface area contributed by atoms with Gasteiger partial charge in [0.05, 0.1) is 6.61 Å². The summed E-state index contributed by atoms with van der Waals surface area (Å²) in [5, 5.41) is 9.61. The van der Waals surface area contributed by atoms with Crippen molar-refractivity contribution in [3.63, 3.8) is 0 Å². The van der Waals surface area contributed by atoms with E-state index < -0.39 is 23.5 Å². The Hall–Kier alpha value is -0.240. The van der Waals surface area contributed by atoms with Crippen molar-refractivity contribution in [2.24, 2.45) is 0 Å². The first-order valence-electron chi connectivity index (χ1n) is 6.25. The van der Waals surface area contributed by atoms with Crippen molar-refractivity contribution in [3.05, 3.63) is 0 Å². The second-order valence-electron chi connectivity index (χ2n) is 5.96. The molecule has 1 N–H and O–H groups in total. The molecule has 3 aliphatic heterocycles. The fourth-order valence-corrected chi connectivity index (χ4v) is 2.96. The second-order valence-corrected chi connectivity index (χ2v) is 5.96. The Balaban J connectivity index is 1.90. The minimum absolute atomic E-state index is 0.192. The zero-order valence-electron chi connectivity index (χ0n) is 11.1. The molecule has 0 unspecified atom stereocenters. The second kappa shape index (κ2) is 3.65. The van der Waals surface area contributed by atoms with Gasteiger partial charge in [0.25, 0.3) is 0 Å². The summed E-state index contributed by atoms with van der Waals surface area (Å²) in [6, 6.07) is 0. The zero-order valence-corrected chi connectivity index (χ0v) is 11.1. The van der Waals surface area contributed by atoms with Crippen molar-refractivity contribution in [2.75, 3.05) is 13.2 Å². The first-order valence-corrected chi connectivity index (χ1v) is 6.25. The molecule has 104 valence electrons. The molecule has 6 nitrogen and oxygen atoms in total. The summed E-state index contributed by atoms with van der Waals surface area (Å²) in [5.74, 6) is -2.62. The van der Waals surface area contributed by atoms with Gasteiger partial charge >= 0.3 is 0 Å². The quantitative estimate of drug-likeness (QED) is 0.735. The summed E-state index contributed by atoms with van der Waals surface area (Å²) in [6.07, 6.45) is -0.970. The van der Waals surface area contributed by atoms with Gasteiger partial charge in [-0.1, -0.05) is 0 Å². The van der Waals surface area contributed by atoms with Crippen LogP contribution < -0.4 is 0 Å². The smallest absolute Gasteiger partial charge is 0.224 e. The van der Waals surface area contributed by atoms with Gasteiger partial charge in [-0.05, 0) is 27.7 Å². The molecule has 3 fully saturated rings. The molecule has 0 aromatic heterocycles. The van der Waals surface area contributed by atoms with E-state index in [1.54, 1.807) is 13.8 Å². The van der Waals surface area contributed by atoms with Crippen LogP contribution >= 0.6 is 0 Å². The molecule has 0 saturated carbocycles. The van der Waals surface area contributed by atoms with E-state index in [9.17, 15) is 5.11 Å². The number of aliphatic hydroxyl groups is 1. The highest BCUT2D eigenvalue weighted by Gasteiger charge is 2.65. The monoisotopic (exact) mass is 260 g/mol. The molecular weight excluding hydrogens is 240 g/mol. The van der Waals surface area contributed by atoms with E-state index in [-0.39, 0.29) is 18.8 Å². The molecule has 0 spiro atoms. The van der Waals surface area contributed by atoms with E-state index in [0.29, 0.717) is 6.61 Å². The van der Waals surface area contributed by atoms with E-state index in [1.165, 1.54) is 0 Å². The number of rotatable bonds is 1. The molecule has 6 heteroatoms. The molecular formula is C12H20O6. The topological polar surface area (TPSA) is 66.4 Å². The van der Waals surface area contributed by atoms with E-state index >= 15 is 0 Å². The minimum Gasteiger partial charge on any atom is -0.391 e. The zero-order chi connectivity index (χ0) is 13.2. The molecule has 0 bridgehead atoms. The Morgan fingerprint density at radius 2 is 1.78 bits per heavy atom. The van der Waals surface area contributed by atoms with Gasteiger partial charge in [0.1, 0.15) is 24.9 Å². The normalized spacial score (nSPS) is 48.8. The Morgan fingerprint density at radius 3 is 2.44 bits per heavy atom. The fourth-order valence-electron chi connectivity index (χ4n) is 2.96. The van der Waals surface area contributed by atoms with Gasteiger partial charge in [-0.15, -0.1) is 0 Å². The van der Waals surface area contributed by atoms with Gasteiger partial charge in [0, 0.05) is 0 Å². The predicted octanol–water partition coefficient (Wildman–Crippen LogP) is 0.377. The lowest BCUT2D eigenvalue weighted by atomic mass is 9.98. The van der Waals surface area contributed by atoms with Crippen LogP contribution in [-0.4, -0.2) is 54.0 Å². The third-order valence-corrected chi connectivity index (χ3v) is 3.50. The Bertz CT molecular complexity index is 354. The van der Waals surface area contributed by atoms with Gasteiger partial charge in [-0.25, -0.2) is 0 Å². The summed E-state index contributed by atoms with van der Waals surface area (Å²) < 4.78 is 28.9. The largest absolute Gasteiger partial charge is 0.391 e. The summed E-state index contributed by atoms with van der Waals surface area (Å²) in [7, 11) is 0. The van der Waals surface area contributed by atoms with Crippen LogP contribution in [0.5, 0.6) is 0 Å². The van der Waals surface area contributed by atoms with Crippen molar-refractivity contribution in [3.8, 4) is 0 Å². The molecule has 3 heterocycles. The summed E-state index contributed by atoms with van der Waals surface area (Å²) in [4.78, 5) is 0. The lowest BCUT2D eigenvalue weighted by Gasteiger charge is -2.39. The molecule has 0 aromatic carbocycles. The summed E-state index contributed by atoms with van der Waals surface area (Å²) in [5.41, 5.74) is 0. The van der Waals surface area contributed by atoms with E-state index in [0.717, 1.165) is 0 Å². The third-order valence-electron chi connectivity index (χ3n) is 3.50. The number of hydrogen-bond donors (Lipinski definition) is 1. The van der Waals surface area contributed by atoms with Crippen molar-refractivity contribution in [1.82, 2.24) is 0 Å². The third kappa shape index (κ3) is 1.79. The number of hydrogen-bond acceptors (Lipinski definition) is 6. The Kier molecular flexibility index (Phi) is 2.59. The molecule has 0 aromatic rings. The van der Waals surface area contributed by atoms with Crippen LogP contribution in [0.25, 0.3) is 0 Å². The number of aliphatic hydroxyl groups excluding tert-OH is 1. The van der Waals surface area contributed by atoms with Crippen LogP contribution in [0.4, 0.5) is 0 Å². The maximum absolute atomic E-state index is 9.61. The highest BCUT2D eigenvalue weighted by Crippen LogP contribution is 2.47. The van der Waals surface area contributed by atoms with E-state index in [4.69, 9.17) is 23.7 Å². The molecule has 18 heavy (non-hydrogen) atoms. The predicted molar refractivity (Wildman–Crippen MR) is 59.6 cm³/mol. The first kappa shape index (κ1) is 12.8. The molecule has 0 radical (unpaired) electrons. The average molecular weight is 260 g/mol. The van der Waals surface area contributed by atoms with Crippen LogP contribution in [0.2, 0.25) is 0 Å². The van der Waals surface area contributed by atoms with E-state index in [1.807, 2.05) is 13.8 Å². The molecule has 3 saturated heterocycles. The van der Waals surface area contributed by atoms with Gasteiger partial charge in [0.15, 0.2) is 11.6 Å². The average Bonchev–Trinajstić information content (AvgIpc) is 2.70. The van der Waals surface area contributed by atoms with Crippen LogP contribution in [0.1, 0.15) is 27.7 Å². The van der Waals surface area contributed by atoms with Crippen molar-refractivity contribution in [1.29, 1.82) is 0 Å². The van der Waals surface area contributed by atoms with Crippen LogP contribution in [0, 0.1) is 0 Å². The highest BCUT2D eigenvalue weighted by atomic mass is 16.9. The van der Waals surface area contributed by atoms with Gasteiger partial charge in [-0.3, -0.25) is 0 Å². The SMILES string of the molecule is CC1(C)O[C@H]2[C@H](CO[C@]3(CO)OC(C)(C)O[C@H]23)O1. The minimum atomic E-state index is -1.14. The first-order chi connectivity index (χ1) is 8.27. The van der Waals surface area contributed by atoms with Crippen molar-refractivity contribution in [2.45, 2.75) is 63.4 Å². The van der Waals surface area contributed by atoms with Crippen LogP contribution in [0.15, 0.2) is 0 Å². The number of fused-ring (bicyclic) bond motifs is 3. The Morgan fingerprint density at radius 1 is 1.06 bits per heavy atom. The molecule has 3 rings (SSSR count). The fraction of sp³-hybridized carbons (Fsp3) is 1.00. The standard InChI is InChI=1S/C12H20O6/c1-10(2)15-7-5-14-12(6-13)9(8(7)16-10)17-11(3,4)18-12/h7-9,13H,5-6H2,1-4H3/t7-,8-,9+,12+/m0/s1. The maximum atomic E-state index is 9.61. The molecule has 0 aliphatic carbocycles. The lowest BCUT2D eigenvalue weighted by molar-refractivity contribution is -0.294. The van der Waals surface area contributed by atoms with Gasteiger partial charge in [-0.2, -0.15) is 0 Å². The summed E-state index contributed by atoms with van der Waals surface area (Å²) >= 11 is 0. The van der Waals surface area contributed by atoms with Crippen LogP contribution in [0.3, 0.4) is 0 Å². The van der Waals surface area contributed by atoms with Gasteiger partial charge in [0.2, 0.25) is 5.79 Å². The van der Waals surface area contributed by atoms with Crippen molar-refractivity contribution < 1.29 is 28.8 Å². The Labute approximate surface area is 106 Å². The number of ether oxygens (including phenoxy) is 5. The van der Waals surface area contributed by atoms with Gasteiger partial charge < -0.3 is 28.8 Å².